The number of nitrogens with one attached hydrogen (secondary N) is 1. The summed E-state index contributed by atoms with van der Waals surface area (Å²) >= 11 is 3.31. The zero-order valence-electron chi connectivity index (χ0n) is 10.7. The quantitative estimate of drug-likeness (QED) is 0.867. The van der Waals surface area contributed by atoms with Crippen LogP contribution in [0.5, 0.6) is 0 Å². The second-order valence-electron chi connectivity index (χ2n) is 4.29. The SMILES string of the molecule is CCC(C)NS(=O)(=O)c1cc(CO)cc(Br)c1C. The lowest BCUT2D eigenvalue weighted by Gasteiger charge is -2.15. The van der Waals surface area contributed by atoms with Gasteiger partial charge in [-0.3, -0.25) is 0 Å². The van der Waals surface area contributed by atoms with E-state index in [2.05, 4.69) is 20.7 Å². The average Bonchev–Trinajstić information content (AvgIpc) is 2.31. The lowest BCUT2D eigenvalue weighted by Crippen LogP contribution is -2.32. The van der Waals surface area contributed by atoms with Crippen molar-refractivity contribution >= 4 is 26.0 Å². The maximum absolute atomic E-state index is 12.2. The number of sulfonamides is 1. The molecule has 6 heteroatoms. The van der Waals surface area contributed by atoms with Crippen molar-refractivity contribution in [3.05, 3.63) is 27.7 Å². The predicted molar refractivity (Wildman–Crippen MR) is 74.9 cm³/mol. The van der Waals surface area contributed by atoms with Gasteiger partial charge < -0.3 is 5.11 Å². The lowest BCUT2D eigenvalue weighted by molar-refractivity contribution is 0.281. The maximum atomic E-state index is 12.2. The predicted octanol–water partition coefficient (Wildman–Crippen LogP) is 2.33. The van der Waals surface area contributed by atoms with E-state index in [0.29, 0.717) is 15.6 Å². The molecule has 0 saturated heterocycles. The molecule has 0 aliphatic rings. The van der Waals surface area contributed by atoms with Crippen LogP contribution in [0.2, 0.25) is 0 Å². The highest BCUT2D eigenvalue weighted by Gasteiger charge is 2.20. The summed E-state index contributed by atoms with van der Waals surface area (Å²) in [6, 6.07) is 3.11. The fourth-order valence-electron chi connectivity index (χ4n) is 1.49. The summed E-state index contributed by atoms with van der Waals surface area (Å²) in [5.74, 6) is 0. The van der Waals surface area contributed by atoms with Crippen LogP contribution in [-0.4, -0.2) is 19.6 Å². The standard InChI is InChI=1S/C12H18BrNO3S/c1-4-8(2)14-18(16,17)12-6-10(7-15)5-11(13)9(12)3/h5-6,8,14-15H,4,7H2,1-3H3. The Morgan fingerprint density at radius 2 is 2.06 bits per heavy atom. The van der Waals surface area contributed by atoms with Gasteiger partial charge in [0.05, 0.1) is 11.5 Å². The second-order valence-corrected chi connectivity index (χ2v) is 6.83. The summed E-state index contributed by atoms with van der Waals surface area (Å²) in [5.41, 5.74) is 1.21. The minimum atomic E-state index is -3.55. The number of hydrogen-bond acceptors (Lipinski definition) is 3. The zero-order valence-corrected chi connectivity index (χ0v) is 13.1. The third-order valence-electron chi connectivity index (χ3n) is 2.80. The van der Waals surface area contributed by atoms with Crippen molar-refractivity contribution in [2.45, 2.75) is 44.7 Å². The number of benzene rings is 1. The molecule has 102 valence electrons. The summed E-state index contributed by atoms with van der Waals surface area (Å²) in [7, 11) is -3.55. The highest BCUT2D eigenvalue weighted by Crippen LogP contribution is 2.26. The first-order valence-electron chi connectivity index (χ1n) is 5.74. The van der Waals surface area contributed by atoms with Gasteiger partial charge in [-0.25, -0.2) is 13.1 Å². The minimum absolute atomic E-state index is 0.119. The van der Waals surface area contributed by atoms with Crippen molar-refractivity contribution in [3.8, 4) is 0 Å². The van der Waals surface area contributed by atoms with Crippen molar-refractivity contribution in [1.82, 2.24) is 4.72 Å². The Morgan fingerprint density at radius 3 is 2.56 bits per heavy atom. The molecule has 0 saturated carbocycles. The molecule has 0 fully saturated rings. The molecule has 1 unspecified atom stereocenters. The van der Waals surface area contributed by atoms with Gasteiger partial charge in [-0.2, -0.15) is 0 Å². The highest BCUT2D eigenvalue weighted by atomic mass is 79.9. The molecular weight excluding hydrogens is 318 g/mol. The van der Waals surface area contributed by atoms with Crippen LogP contribution in [0.1, 0.15) is 31.4 Å². The fraction of sp³-hybridized carbons (Fsp3) is 0.500. The molecule has 1 atom stereocenters. The van der Waals surface area contributed by atoms with Crippen molar-refractivity contribution in [2.24, 2.45) is 0 Å². The van der Waals surface area contributed by atoms with E-state index in [1.54, 1.807) is 13.0 Å². The monoisotopic (exact) mass is 335 g/mol. The van der Waals surface area contributed by atoms with Crippen LogP contribution < -0.4 is 4.72 Å². The van der Waals surface area contributed by atoms with Crippen LogP contribution in [0.25, 0.3) is 0 Å². The van der Waals surface area contributed by atoms with E-state index in [1.165, 1.54) is 6.07 Å². The van der Waals surface area contributed by atoms with Gasteiger partial charge in [-0.1, -0.05) is 22.9 Å². The van der Waals surface area contributed by atoms with Crippen LogP contribution in [0.3, 0.4) is 0 Å². The molecule has 1 aromatic rings. The molecule has 0 aliphatic heterocycles. The van der Waals surface area contributed by atoms with Crippen molar-refractivity contribution < 1.29 is 13.5 Å². The Bertz CT molecular complexity index is 528. The van der Waals surface area contributed by atoms with Gasteiger partial charge in [-0.15, -0.1) is 0 Å². The van der Waals surface area contributed by atoms with Gasteiger partial charge in [0.15, 0.2) is 0 Å². The number of halogens is 1. The van der Waals surface area contributed by atoms with E-state index in [9.17, 15) is 8.42 Å². The molecule has 0 bridgehead atoms. The molecule has 18 heavy (non-hydrogen) atoms. The molecule has 1 aromatic carbocycles. The van der Waals surface area contributed by atoms with E-state index in [0.717, 1.165) is 6.42 Å². The van der Waals surface area contributed by atoms with Crippen molar-refractivity contribution in [2.75, 3.05) is 0 Å². The Balaban J connectivity index is 3.27. The van der Waals surface area contributed by atoms with E-state index in [4.69, 9.17) is 5.11 Å². The summed E-state index contributed by atoms with van der Waals surface area (Å²) < 4.78 is 27.7. The Labute approximate surface area is 117 Å². The van der Waals surface area contributed by atoms with E-state index < -0.39 is 10.0 Å². The Morgan fingerprint density at radius 1 is 1.44 bits per heavy atom. The zero-order chi connectivity index (χ0) is 13.9. The summed E-state index contributed by atoms with van der Waals surface area (Å²) in [6.07, 6.45) is 0.721. The first-order valence-corrected chi connectivity index (χ1v) is 8.01. The number of hydrogen-bond donors (Lipinski definition) is 2. The van der Waals surface area contributed by atoms with E-state index in [1.807, 2.05) is 13.8 Å². The molecule has 0 aromatic heterocycles. The molecule has 1 rings (SSSR count). The minimum Gasteiger partial charge on any atom is -0.392 e. The van der Waals surface area contributed by atoms with E-state index >= 15 is 0 Å². The first kappa shape index (κ1) is 15.6. The average molecular weight is 336 g/mol. The lowest BCUT2D eigenvalue weighted by atomic mass is 10.2. The third-order valence-corrected chi connectivity index (χ3v) is 5.34. The molecule has 0 aliphatic carbocycles. The van der Waals surface area contributed by atoms with Crippen LogP contribution in [0, 0.1) is 6.92 Å². The van der Waals surface area contributed by atoms with Crippen LogP contribution in [0.4, 0.5) is 0 Å². The summed E-state index contributed by atoms with van der Waals surface area (Å²) in [4.78, 5) is 0.209. The van der Waals surface area contributed by atoms with Crippen LogP contribution >= 0.6 is 15.9 Å². The largest absolute Gasteiger partial charge is 0.392 e. The number of aliphatic hydroxyl groups is 1. The number of aliphatic hydroxyl groups excluding tert-OH is 1. The molecule has 0 heterocycles. The molecule has 0 amide bonds. The van der Waals surface area contributed by atoms with Gasteiger partial charge in [-0.05, 0) is 43.5 Å². The smallest absolute Gasteiger partial charge is 0.241 e. The van der Waals surface area contributed by atoms with Gasteiger partial charge >= 0.3 is 0 Å². The van der Waals surface area contributed by atoms with E-state index in [-0.39, 0.29) is 17.5 Å². The normalized spacial score (nSPS) is 13.6. The summed E-state index contributed by atoms with van der Waals surface area (Å²) in [5, 5.41) is 9.14. The molecule has 0 radical (unpaired) electrons. The maximum Gasteiger partial charge on any atom is 0.241 e. The number of rotatable bonds is 5. The first-order chi connectivity index (χ1) is 8.31. The van der Waals surface area contributed by atoms with Crippen LogP contribution in [-0.2, 0) is 16.6 Å². The fourth-order valence-corrected chi connectivity index (χ4v) is 3.77. The Hall–Kier alpha value is -0.430. The molecule has 0 spiro atoms. The van der Waals surface area contributed by atoms with Crippen LogP contribution in [0.15, 0.2) is 21.5 Å². The van der Waals surface area contributed by atoms with Gasteiger partial charge in [0, 0.05) is 10.5 Å². The second kappa shape index (κ2) is 6.14. The molecule has 2 N–H and O–H groups in total. The van der Waals surface area contributed by atoms with Gasteiger partial charge in [0.25, 0.3) is 0 Å². The van der Waals surface area contributed by atoms with Crippen molar-refractivity contribution in [3.63, 3.8) is 0 Å². The molecular formula is C12H18BrNO3S. The van der Waals surface area contributed by atoms with Gasteiger partial charge in [0.1, 0.15) is 0 Å². The van der Waals surface area contributed by atoms with Gasteiger partial charge in [0.2, 0.25) is 10.0 Å². The topological polar surface area (TPSA) is 66.4 Å². The van der Waals surface area contributed by atoms with Crippen molar-refractivity contribution in [1.29, 1.82) is 0 Å². The Kier molecular flexibility index (Phi) is 5.33. The summed E-state index contributed by atoms with van der Waals surface area (Å²) in [6.45, 7) is 5.28. The third kappa shape index (κ3) is 3.54. The highest BCUT2D eigenvalue weighted by molar-refractivity contribution is 9.10. The molecule has 4 nitrogen and oxygen atoms in total.